The van der Waals surface area contributed by atoms with E-state index in [0.717, 1.165) is 14.0 Å². The van der Waals surface area contributed by atoms with Gasteiger partial charge in [0.05, 0.1) is 10.7 Å². The topological polar surface area (TPSA) is 78.1 Å². The molecule has 0 unspecified atom stereocenters. The minimum atomic E-state index is -5.01. The Morgan fingerprint density at radius 1 is 1.15 bits per heavy atom. The zero-order chi connectivity index (χ0) is 20.2. The van der Waals surface area contributed by atoms with E-state index in [1.807, 2.05) is 0 Å². The highest BCUT2D eigenvalue weighted by atomic mass is 35.7. The van der Waals surface area contributed by atoms with Crippen LogP contribution in [-0.2, 0) is 22.3 Å². The fourth-order valence-corrected chi connectivity index (χ4v) is 3.85. The van der Waals surface area contributed by atoms with E-state index in [-0.39, 0.29) is 9.13 Å². The molecule has 0 spiro atoms. The van der Waals surface area contributed by atoms with E-state index in [4.69, 9.17) is 22.3 Å². The van der Waals surface area contributed by atoms with Gasteiger partial charge in [0.2, 0.25) is 0 Å². The molecule has 0 radical (unpaired) electrons. The minimum Gasteiger partial charge on any atom is -0.292 e. The van der Waals surface area contributed by atoms with Crippen LogP contribution in [0.5, 0.6) is 0 Å². The lowest BCUT2D eigenvalue weighted by atomic mass is 10.2. The molecule has 0 aliphatic rings. The summed E-state index contributed by atoms with van der Waals surface area (Å²) in [6.07, 6.45) is -5.01. The van der Waals surface area contributed by atoms with Crippen molar-refractivity contribution in [1.82, 2.24) is 9.13 Å². The molecule has 142 valence electrons. The fraction of sp³-hybridized carbons (Fsp3) is 0.231. The maximum absolute atomic E-state index is 14.2. The van der Waals surface area contributed by atoms with Gasteiger partial charge >= 0.3 is 11.9 Å². The Labute approximate surface area is 152 Å². The second kappa shape index (κ2) is 6.39. The third kappa shape index (κ3) is 3.38. The summed E-state index contributed by atoms with van der Waals surface area (Å²) in [5, 5.41) is -0.630. The summed E-state index contributed by atoms with van der Waals surface area (Å²) in [4.78, 5) is 23.7. The number of halogens is 6. The van der Waals surface area contributed by atoms with E-state index >= 15 is 0 Å². The quantitative estimate of drug-likeness (QED) is 0.537. The largest absolute Gasteiger partial charge is 0.432 e. The lowest BCUT2D eigenvalue weighted by molar-refractivity contribution is -0.144. The van der Waals surface area contributed by atoms with Crippen LogP contribution in [0.15, 0.2) is 26.6 Å². The number of aromatic nitrogens is 2. The molecule has 0 fully saturated rings. The first-order valence-corrected chi connectivity index (χ1v) is 9.20. The van der Waals surface area contributed by atoms with Crippen molar-refractivity contribution in [2.24, 2.45) is 7.05 Å². The summed E-state index contributed by atoms with van der Waals surface area (Å²) in [6.45, 7) is 0.800. The van der Waals surface area contributed by atoms with E-state index in [2.05, 4.69) is 0 Å². The van der Waals surface area contributed by atoms with Gasteiger partial charge in [0.15, 0.2) is 0 Å². The molecule has 13 heteroatoms. The molecule has 2 aromatic rings. The molecule has 1 aromatic heterocycles. The van der Waals surface area contributed by atoms with Crippen LogP contribution in [0.2, 0.25) is 5.02 Å². The van der Waals surface area contributed by atoms with Crippen molar-refractivity contribution in [3.63, 3.8) is 0 Å². The number of hydrogen-bond acceptors (Lipinski definition) is 4. The molecule has 0 aliphatic heterocycles. The number of rotatable bonds is 2. The molecule has 0 atom stereocenters. The van der Waals surface area contributed by atoms with Crippen molar-refractivity contribution in [1.29, 1.82) is 0 Å². The predicted octanol–water partition coefficient (Wildman–Crippen LogP) is 2.58. The van der Waals surface area contributed by atoms with E-state index in [1.54, 1.807) is 0 Å². The third-order valence-corrected chi connectivity index (χ3v) is 5.25. The van der Waals surface area contributed by atoms with E-state index < -0.39 is 59.2 Å². The first kappa shape index (κ1) is 20.5. The molecule has 1 heterocycles. The van der Waals surface area contributed by atoms with Crippen LogP contribution in [-0.4, -0.2) is 17.6 Å². The van der Waals surface area contributed by atoms with Crippen molar-refractivity contribution in [3.05, 3.63) is 55.1 Å². The summed E-state index contributed by atoms with van der Waals surface area (Å²) in [6, 6.07) is 0.973. The van der Waals surface area contributed by atoms with Gasteiger partial charge in [0.1, 0.15) is 16.4 Å². The molecule has 2 rings (SSSR count). The minimum absolute atomic E-state index is 0.0712. The van der Waals surface area contributed by atoms with Gasteiger partial charge in [-0.1, -0.05) is 11.6 Å². The summed E-state index contributed by atoms with van der Waals surface area (Å²) >= 11 is 5.58. The average Bonchev–Trinajstić information content (AvgIpc) is 2.44. The molecule has 0 bridgehead atoms. The Bertz CT molecular complexity index is 1100. The van der Waals surface area contributed by atoms with E-state index in [9.17, 15) is 35.6 Å². The Balaban J connectivity index is 3.01. The predicted molar refractivity (Wildman–Crippen MR) is 85.0 cm³/mol. The molecule has 0 amide bonds. The summed E-state index contributed by atoms with van der Waals surface area (Å²) in [7, 11) is 1.40. The fourth-order valence-electron chi connectivity index (χ4n) is 2.34. The highest BCUT2D eigenvalue weighted by molar-refractivity contribution is 8.13. The first-order chi connectivity index (χ1) is 11.7. The van der Waals surface area contributed by atoms with Crippen molar-refractivity contribution < 1.29 is 26.0 Å². The monoisotopic (exact) mass is 434 g/mol. The Hall–Kier alpha value is -1.85. The van der Waals surface area contributed by atoms with Crippen LogP contribution in [0, 0.1) is 12.7 Å². The molecular weight excluding hydrogens is 427 g/mol. The van der Waals surface area contributed by atoms with Gasteiger partial charge in [-0.05, 0) is 19.1 Å². The van der Waals surface area contributed by atoms with Crippen LogP contribution in [0.1, 0.15) is 11.3 Å². The second-order valence-corrected chi connectivity index (χ2v) is 8.07. The lowest BCUT2D eigenvalue weighted by Crippen LogP contribution is -2.43. The Kier molecular flexibility index (Phi) is 5.03. The average molecular weight is 435 g/mol. The standard InChI is InChI=1S/C13H8Cl2F4N2O4S/c1-5-10(13(17,18)19)20(2)12(23)21(11(5)22)8-4-9(26(15,24)25)6(14)3-7(8)16/h3-4H,1-2H3. The number of benzene rings is 1. The molecule has 0 saturated heterocycles. The van der Waals surface area contributed by atoms with Gasteiger partial charge in [-0.3, -0.25) is 9.36 Å². The van der Waals surface area contributed by atoms with Gasteiger partial charge in [0.25, 0.3) is 14.6 Å². The highest BCUT2D eigenvalue weighted by Gasteiger charge is 2.38. The van der Waals surface area contributed by atoms with Gasteiger partial charge in [0, 0.05) is 23.3 Å². The van der Waals surface area contributed by atoms with E-state index in [1.165, 1.54) is 0 Å². The van der Waals surface area contributed by atoms with Crippen LogP contribution in [0.3, 0.4) is 0 Å². The number of nitrogens with zero attached hydrogens (tertiary/aromatic N) is 2. The lowest BCUT2D eigenvalue weighted by Gasteiger charge is -2.17. The smallest absolute Gasteiger partial charge is 0.292 e. The maximum atomic E-state index is 14.2. The number of hydrogen-bond donors (Lipinski definition) is 0. The first-order valence-electron chi connectivity index (χ1n) is 6.51. The van der Waals surface area contributed by atoms with E-state index in [0.29, 0.717) is 12.1 Å². The summed E-state index contributed by atoms with van der Waals surface area (Å²) in [5.41, 5.74) is -6.31. The molecule has 0 saturated carbocycles. The molecular formula is C13H8Cl2F4N2O4S. The Morgan fingerprint density at radius 2 is 1.69 bits per heavy atom. The summed E-state index contributed by atoms with van der Waals surface area (Å²) < 4.78 is 76.5. The molecule has 0 N–H and O–H groups in total. The third-order valence-electron chi connectivity index (χ3n) is 3.47. The van der Waals surface area contributed by atoms with Crippen molar-refractivity contribution in [3.8, 4) is 5.69 Å². The normalized spacial score (nSPS) is 12.5. The second-order valence-electron chi connectivity index (χ2n) is 5.13. The molecule has 26 heavy (non-hydrogen) atoms. The maximum Gasteiger partial charge on any atom is 0.432 e. The zero-order valence-electron chi connectivity index (χ0n) is 12.9. The van der Waals surface area contributed by atoms with Crippen molar-refractivity contribution >= 4 is 31.3 Å². The zero-order valence-corrected chi connectivity index (χ0v) is 15.2. The highest BCUT2D eigenvalue weighted by Crippen LogP contribution is 2.31. The SMILES string of the molecule is Cc1c(C(F)(F)F)n(C)c(=O)n(-c2cc(S(=O)(=O)Cl)c(Cl)cc2F)c1=O. The van der Waals surface area contributed by atoms with Crippen LogP contribution in [0.4, 0.5) is 17.6 Å². The van der Waals surface area contributed by atoms with Crippen LogP contribution >= 0.6 is 22.3 Å². The van der Waals surface area contributed by atoms with Gasteiger partial charge < -0.3 is 0 Å². The molecule has 0 aliphatic carbocycles. The molecule has 6 nitrogen and oxygen atoms in total. The van der Waals surface area contributed by atoms with Crippen molar-refractivity contribution in [2.45, 2.75) is 18.0 Å². The van der Waals surface area contributed by atoms with Crippen LogP contribution < -0.4 is 11.2 Å². The van der Waals surface area contributed by atoms with Gasteiger partial charge in [-0.15, -0.1) is 0 Å². The molecule has 1 aromatic carbocycles. The van der Waals surface area contributed by atoms with Crippen LogP contribution in [0.25, 0.3) is 5.69 Å². The number of alkyl halides is 3. The van der Waals surface area contributed by atoms with Gasteiger partial charge in [-0.2, -0.15) is 13.2 Å². The van der Waals surface area contributed by atoms with Gasteiger partial charge in [-0.25, -0.2) is 22.2 Å². The Morgan fingerprint density at radius 3 is 2.15 bits per heavy atom. The summed E-state index contributed by atoms with van der Waals surface area (Å²) in [5.74, 6) is -1.31. The van der Waals surface area contributed by atoms with Crippen molar-refractivity contribution in [2.75, 3.05) is 0 Å².